The molecule has 0 aliphatic carbocycles. The number of hydrogen-bond donors (Lipinski definition) is 1. The maximum atomic E-state index is 12.3. The van der Waals surface area contributed by atoms with E-state index in [1.54, 1.807) is 0 Å². The number of alkyl halides is 3. The Kier molecular flexibility index (Phi) is 3.98. The van der Waals surface area contributed by atoms with E-state index in [4.69, 9.17) is 10.5 Å². The van der Waals surface area contributed by atoms with Crippen molar-refractivity contribution in [1.82, 2.24) is 0 Å². The van der Waals surface area contributed by atoms with Crippen LogP contribution in [0.5, 0.6) is 5.75 Å². The SMILES string of the molecule is NCCOc1ccc(C(F)(F)F)cc1Br. The molecular formula is C9H9BrF3NO. The molecule has 1 rings (SSSR count). The molecule has 0 aromatic heterocycles. The molecule has 0 saturated heterocycles. The van der Waals surface area contributed by atoms with E-state index >= 15 is 0 Å². The van der Waals surface area contributed by atoms with Crippen molar-refractivity contribution in [2.24, 2.45) is 5.73 Å². The molecule has 0 spiro atoms. The van der Waals surface area contributed by atoms with Crippen molar-refractivity contribution in [2.75, 3.05) is 13.2 Å². The van der Waals surface area contributed by atoms with Crippen LogP contribution in [-0.4, -0.2) is 13.2 Å². The maximum Gasteiger partial charge on any atom is 0.416 e. The summed E-state index contributed by atoms with van der Waals surface area (Å²) in [6.07, 6.45) is -4.34. The topological polar surface area (TPSA) is 35.2 Å². The molecule has 84 valence electrons. The predicted molar refractivity (Wildman–Crippen MR) is 53.7 cm³/mol. The highest BCUT2D eigenvalue weighted by Crippen LogP contribution is 2.34. The first kappa shape index (κ1) is 12.3. The maximum absolute atomic E-state index is 12.3. The molecule has 15 heavy (non-hydrogen) atoms. The summed E-state index contributed by atoms with van der Waals surface area (Å²) < 4.78 is 42.2. The van der Waals surface area contributed by atoms with Gasteiger partial charge in [-0.15, -0.1) is 0 Å². The van der Waals surface area contributed by atoms with Crippen LogP contribution in [0.25, 0.3) is 0 Å². The van der Waals surface area contributed by atoms with Crippen LogP contribution in [0, 0.1) is 0 Å². The Balaban J connectivity index is 2.88. The average molecular weight is 284 g/mol. The predicted octanol–water partition coefficient (Wildman–Crippen LogP) is 2.81. The minimum atomic E-state index is -4.34. The lowest BCUT2D eigenvalue weighted by Gasteiger charge is -2.10. The highest BCUT2D eigenvalue weighted by Gasteiger charge is 2.30. The van der Waals surface area contributed by atoms with Gasteiger partial charge in [0.15, 0.2) is 0 Å². The van der Waals surface area contributed by atoms with Gasteiger partial charge in [0.1, 0.15) is 12.4 Å². The van der Waals surface area contributed by atoms with Gasteiger partial charge in [-0.3, -0.25) is 0 Å². The van der Waals surface area contributed by atoms with Gasteiger partial charge in [-0.2, -0.15) is 13.2 Å². The minimum absolute atomic E-state index is 0.268. The zero-order valence-electron chi connectivity index (χ0n) is 7.64. The number of benzene rings is 1. The molecular weight excluding hydrogens is 275 g/mol. The van der Waals surface area contributed by atoms with Gasteiger partial charge in [0.2, 0.25) is 0 Å². The molecule has 0 heterocycles. The normalized spacial score (nSPS) is 11.5. The second kappa shape index (κ2) is 4.85. The lowest BCUT2D eigenvalue weighted by atomic mass is 10.2. The molecule has 1 aromatic rings. The third-order valence-electron chi connectivity index (χ3n) is 1.63. The van der Waals surface area contributed by atoms with E-state index in [0.717, 1.165) is 12.1 Å². The van der Waals surface area contributed by atoms with Gasteiger partial charge in [0.25, 0.3) is 0 Å². The number of ether oxygens (including phenoxy) is 1. The molecule has 0 atom stereocenters. The summed E-state index contributed by atoms with van der Waals surface area (Å²) in [6.45, 7) is 0.581. The number of nitrogens with two attached hydrogens (primary N) is 1. The summed E-state index contributed by atoms with van der Waals surface area (Å²) in [5, 5.41) is 0. The van der Waals surface area contributed by atoms with E-state index in [1.165, 1.54) is 6.07 Å². The zero-order valence-corrected chi connectivity index (χ0v) is 9.23. The van der Waals surface area contributed by atoms with Crippen LogP contribution in [0.3, 0.4) is 0 Å². The quantitative estimate of drug-likeness (QED) is 0.926. The van der Waals surface area contributed by atoms with E-state index in [0.29, 0.717) is 12.3 Å². The molecule has 0 unspecified atom stereocenters. The van der Waals surface area contributed by atoms with Crippen molar-refractivity contribution in [3.05, 3.63) is 28.2 Å². The Morgan fingerprint density at radius 1 is 1.33 bits per heavy atom. The number of rotatable bonds is 3. The Bertz CT molecular complexity index is 341. The standard InChI is InChI=1S/C9H9BrF3NO/c10-7-5-6(9(11,12)13)1-2-8(7)15-4-3-14/h1-2,5H,3-4,14H2. The summed E-state index contributed by atoms with van der Waals surface area (Å²) in [7, 11) is 0. The van der Waals surface area contributed by atoms with Crippen molar-refractivity contribution in [3.8, 4) is 5.75 Å². The van der Waals surface area contributed by atoms with Gasteiger partial charge >= 0.3 is 6.18 Å². The van der Waals surface area contributed by atoms with E-state index in [2.05, 4.69) is 15.9 Å². The van der Waals surface area contributed by atoms with Crippen LogP contribution >= 0.6 is 15.9 Å². The minimum Gasteiger partial charge on any atom is -0.491 e. The summed E-state index contributed by atoms with van der Waals surface area (Å²) >= 11 is 3.00. The highest BCUT2D eigenvalue weighted by molar-refractivity contribution is 9.10. The third-order valence-corrected chi connectivity index (χ3v) is 2.25. The van der Waals surface area contributed by atoms with Gasteiger partial charge in [0, 0.05) is 6.54 Å². The fourth-order valence-corrected chi connectivity index (χ4v) is 1.46. The highest BCUT2D eigenvalue weighted by atomic mass is 79.9. The van der Waals surface area contributed by atoms with Crippen LogP contribution in [0.1, 0.15) is 5.56 Å². The molecule has 0 bridgehead atoms. The van der Waals surface area contributed by atoms with Crippen molar-refractivity contribution in [3.63, 3.8) is 0 Å². The summed E-state index contributed by atoms with van der Waals surface area (Å²) in [6, 6.07) is 3.21. The van der Waals surface area contributed by atoms with Gasteiger partial charge in [0.05, 0.1) is 10.0 Å². The fraction of sp³-hybridized carbons (Fsp3) is 0.333. The van der Waals surface area contributed by atoms with E-state index in [-0.39, 0.29) is 11.1 Å². The van der Waals surface area contributed by atoms with Crippen LogP contribution in [0.2, 0.25) is 0 Å². The molecule has 1 aromatic carbocycles. The first-order chi connectivity index (χ1) is 6.95. The molecule has 0 aliphatic rings. The Morgan fingerprint density at radius 3 is 2.47 bits per heavy atom. The van der Waals surface area contributed by atoms with E-state index in [9.17, 15) is 13.2 Å². The molecule has 0 saturated carbocycles. The molecule has 0 radical (unpaired) electrons. The van der Waals surface area contributed by atoms with E-state index in [1.807, 2.05) is 0 Å². The summed E-state index contributed by atoms with van der Waals surface area (Å²) in [5.74, 6) is 0.355. The second-order valence-electron chi connectivity index (χ2n) is 2.78. The van der Waals surface area contributed by atoms with Crippen LogP contribution in [0.4, 0.5) is 13.2 Å². The van der Waals surface area contributed by atoms with E-state index < -0.39 is 11.7 Å². The van der Waals surface area contributed by atoms with Crippen molar-refractivity contribution < 1.29 is 17.9 Å². The van der Waals surface area contributed by atoms with Crippen molar-refractivity contribution >= 4 is 15.9 Å². The number of hydrogen-bond acceptors (Lipinski definition) is 2. The van der Waals surface area contributed by atoms with Crippen molar-refractivity contribution in [2.45, 2.75) is 6.18 Å². The molecule has 0 amide bonds. The molecule has 0 aliphatic heterocycles. The summed E-state index contributed by atoms with van der Waals surface area (Å²) in [4.78, 5) is 0. The zero-order chi connectivity index (χ0) is 11.5. The Morgan fingerprint density at radius 2 is 2.00 bits per heavy atom. The second-order valence-corrected chi connectivity index (χ2v) is 3.63. The third kappa shape index (κ3) is 3.39. The molecule has 2 N–H and O–H groups in total. The van der Waals surface area contributed by atoms with Gasteiger partial charge in [-0.1, -0.05) is 0 Å². The monoisotopic (exact) mass is 283 g/mol. The smallest absolute Gasteiger partial charge is 0.416 e. The molecule has 6 heteroatoms. The van der Waals surface area contributed by atoms with Gasteiger partial charge in [-0.05, 0) is 34.1 Å². The fourth-order valence-electron chi connectivity index (χ4n) is 0.963. The lowest BCUT2D eigenvalue weighted by molar-refractivity contribution is -0.137. The van der Waals surface area contributed by atoms with Crippen molar-refractivity contribution in [1.29, 1.82) is 0 Å². The van der Waals surface area contributed by atoms with Gasteiger partial charge < -0.3 is 10.5 Å². The Hall–Kier alpha value is -0.750. The largest absolute Gasteiger partial charge is 0.491 e. The van der Waals surface area contributed by atoms with Crippen LogP contribution in [-0.2, 0) is 6.18 Å². The van der Waals surface area contributed by atoms with Gasteiger partial charge in [-0.25, -0.2) is 0 Å². The summed E-state index contributed by atoms with van der Waals surface area (Å²) in [5.41, 5.74) is 4.49. The Labute approximate surface area is 93.3 Å². The molecule has 2 nitrogen and oxygen atoms in total. The average Bonchev–Trinajstić information content (AvgIpc) is 2.14. The molecule has 0 fully saturated rings. The first-order valence-electron chi connectivity index (χ1n) is 4.15. The lowest BCUT2D eigenvalue weighted by Crippen LogP contribution is -2.11. The number of halogens is 4. The van der Waals surface area contributed by atoms with Crippen LogP contribution < -0.4 is 10.5 Å². The first-order valence-corrected chi connectivity index (χ1v) is 4.94. The van der Waals surface area contributed by atoms with Crippen LogP contribution in [0.15, 0.2) is 22.7 Å².